The van der Waals surface area contributed by atoms with Crippen LogP contribution in [0, 0.1) is 0 Å². The smallest absolute Gasteiger partial charge is 0.276 e. The van der Waals surface area contributed by atoms with Crippen LogP contribution in [0.5, 0.6) is 11.5 Å². The Balaban J connectivity index is 2.24. The maximum atomic E-state index is 12.2. The number of ether oxygens (including phenoxy) is 1. The lowest BCUT2D eigenvalue weighted by Crippen LogP contribution is -2.20. The number of nitrogens with one attached hydrogen (secondary N) is 1. The molecular formula is C15H15ClN2O4S. The van der Waals surface area contributed by atoms with Gasteiger partial charge in [0.25, 0.3) is 10.0 Å². The quantitative estimate of drug-likeness (QED) is 0.638. The summed E-state index contributed by atoms with van der Waals surface area (Å²) in [5.74, 6) is 0.506. The van der Waals surface area contributed by atoms with Crippen molar-refractivity contribution in [2.75, 3.05) is 7.11 Å². The van der Waals surface area contributed by atoms with Crippen LogP contribution in [0.25, 0.3) is 0 Å². The molecule has 0 aliphatic rings. The van der Waals surface area contributed by atoms with Crippen molar-refractivity contribution < 1.29 is 18.3 Å². The van der Waals surface area contributed by atoms with Gasteiger partial charge in [-0.2, -0.15) is 18.4 Å². The van der Waals surface area contributed by atoms with E-state index in [9.17, 15) is 13.5 Å². The third-order valence-corrected chi connectivity index (χ3v) is 4.51. The molecule has 0 fully saturated rings. The Morgan fingerprint density at radius 3 is 2.48 bits per heavy atom. The number of aromatic hydroxyl groups is 1. The molecule has 23 heavy (non-hydrogen) atoms. The fourth-order valence-corrected chi connectivity index (χ4v) is 2.82. The van der Waals surface area contributed by atoms with Gasteiger partial charge in [0.15, 0.2) is 0 Å². The van der Waals surface area contributed by atoms with Crippen LogP contribution in [-0.4, -0.2) is 26.3 Å². The molecule has 2 rings (SSSR count). The number of methoxy groups -OCH3 is 1. The summed E-state index contributed by atoms with van der Waals surface area (Å²) >= 11 is 5.86. The Labute approximate surface area is 139 Å². The Kier molecular flexibility index (Phi) is 5.12. The van der Waals surface area contributed by atoms with Crippen LogP contribution < -0.4 is 9.57 Å². The van der Waals surface area contributed by atoms with Crippen molar-refractivity contribution in [1.29, 1.82) is 0 Å². The normalized spacial score (nSPS) is 12.0. The number of nitrogens with zero attached hydrogens (tertiary/aromatic N) is 1. The molecule has 0 heterocycles. The first-order valence-electron chi connectivity index (χ1n) is 6.52. The van der Waals surface area contributed by atoms with Crippen molar-refractivity contribution in [3.05, 3.63) is 53.1 Å². The number of rotatable bonds is 5. The number of benzene rings is 2. The van der Waals surface area contributed by atoms with Crippen LogP contribution in [-0.2, 0) is 10.0 Å². The average molecular weight is 355 g/mol. The molecule has 8 heteroatoms. The van der Waals surface area contributed by atoms with Gasteiger partial charge in [-0.05, 0) is 49.4 Å². The van der Waals surface area contributed by atoms with Gasteiger partial charge in [0, 0.05) is 10.6 Å². The van der Waals surface area contributed by atoms with E-state index in [1.165, 1.54) is 49.6 Å². The van der Waals surface area contributed by atoms with Crippen LogP contribution in [0.3, 0.4) is 0 Å². The molecule has 2 aromatic carbocycles. The van der Waals surface area contributed by atoms with Crippen LogP contribution in [0.2, 0.25) is 5.02 Å². The maximum Gasteiger partial charge on any atom is 0.276 e. The average Bonchev–Trinajstić information content (AvgIpc) is 2.55. The molecular weight excluding hydrogens is 340 g/mol. The molecule has 0 saturated carbocycles. The largest absolute Gasteiger partial charge is 0.507 e. The van der Waals surface area contributed by atoms with E-state index in [0.717, 1.165) is 0 Å². The predicted molar refractivity (Wildman–Crippen MR) is 88.6 cm³/mol. The lowest BCUT2D eigenvalue weighted by molar-refractivity contribution is 0.414. The van der Waals surface area contributed by atoms with Gasteiger partial charge in [-0.3, -0.25) is 0 Å². The number of sulfonamides is 1. The number of hydrogen-bond donors (Lipinski definition) is 2. The molecule has 0 bridgehead atoms. The topological polar surface area (TPSA) is 88.0 Å². The summed E-state index contributed by atoms with van der Waals surface area (Å²) < 4.78 is 29.3. The Bertz CT molecular complexity index is 833. The van der Waals surface area contributed by atoms with Crippen LogP contribution >= 0.6 is 11.6 Å². The first-order valence-corrected chi connectivity index (χ1v) is 8.38. The molecule has 122 valence electrons. The van der Waals surface area contributed by atoms with E-state index in [4.69, 9.17) is 16.3 Å². The fourth-order valence-electron chi connectivity index (χ4n) is 1.79. The summed E-state index contributed by atoms with van der Waals surface area (Å²) in [6.45, 7) is 1.56. The zero-order valence-electron chi connectivity index (χ0n) is 12.4. The van der Waals surface area contributed by atoms with Crippen LogP contribution in [0.15, 0.2) is 52.5 Å². The van der Waals surface area contributed by atoms with Crippen molar-refractivity contribution >= 4 is 27.3 Å². The number of hydrogen-bond acceptors (Lipinski definition) is 5. The minimum absolute atomic E-state index is 0.0423. The Morgan fingerprint density at radius 2 is 1.87 bits per heavy atom. The summed E-state index contributed by atoms with van der Waals surface area (Å²) in [4.78, 5) is 2.17. The van der Waals surface area contributed by atoms with Crippen LogP contribution in [0.4, 0.5) is 0 Å². The minimum atomic E-state index is -3.82. The SMILES string of the molecule is COc1ccc(S(=O)(=O)N/N=C(\C)c2cc(Cl)ccc2O)cc1. The second-order valence-electron chi connectivity index (χ2n) is 4.63. The van der Waals surface area contributed by atoms with Crippen molar-refractivity contribution in [1.82, 2.24) is 4.83 Å². The zero-order valence-corrected chi connectivity index (χ0v) is 14.0. The van der Waals surface area contributed by atoms with E-state index in [0.29, 0.717) is 16.3 Å². The highest BCUT2D eigenvalue weighted by molar-refractivity contribution is 7.89. The van der Waals surface area contributed by atoms with Crippen molar-refractivity contribution in [3.63, 3.8) is 0 Å². The van der Waals surface area contributed by atoms with Crippen molar-refractivity contribution in [2.24, 2.45) is 5.10 Å². The number of phenolic OH excluding ortho intramolecular Hbond substituents is 1. The second-order valence-corrected chi connectivity index (χ2v) is 6.73. The van der Waals surface area contributed by atoms with E-state index < -0.39 is 10.0 Å². The summed E-state index contributed by atoms with van der Waals surface area (Å²) in [6, 6.07) is 10.3. The molecule has 0 aromatic heterocycles. The predicted octanol–water partition coefficient (Wildman–Crippen LogP) is 2.76. The third-order valence-electron chi connectivity index (χ3n) is 3.05. The monoisotopic (exact) mass is 354 g/mol. The summed E-state index contributed by atoms with van der Waals surface area (Å²) in [6.07, 6.45) is 0. The summed E-state index contributed by atoms with van der Waals surface area (Å²) in [5, 5.41) is 14.0. The molecule has 0 spiro atoms. The highest BCUT2D eigenvalue weighted by atomic mass is 35.5. The van der Waals surface area contributed by atoms with Crippen molar-refractivity contribution in [3.8, 4) is 11.5 Å². The van der Waals surface area contributed by atoms with Crippen LogP contribution in [0.1, 0.15) is 12.5 Å². The van der Waals surface area contributed by atoms with E-state index in [1.807, 2.05) is 0 Å². The van der Waals surface area contributed by atoms with Gasteiger partial charge in [-0.1, -0.05) is 11.6 Å². The molecule has 2 aromatic rings. The molecule has 0 amide bonds. The highest BCUT2D eigenvalue weighted by Gasteiger charge is 2.14. The minimum Gasteiger partial charge on any atom is -0.507 e. The molecule has 0 aliphatic heterocycles. The highest BCUT2D eigenvalue weighted by Crippen LogP contribution is 2.22. The molecule has 0 aliphatic carbocycles. The maximum absolute atomic E-state index is 12.2. The van der Waals surface area contributed by atoms with Gasteiger partial charge in [0.2, 0.25) is 0 Å². The molecule has 0 radical (unpaired) electrons. The molecule has 6 nitrogen and oxygen atoms in total. The van der Waals surface area contributed by atoms with E-state index in [1.54, 1.807) is 6.92 Å². The first kappa shape index (κ1) is 17.1. The Morgan fingerprint density at radius 1 is 1.22 bits per heavy atom. The lowest BCUT2D eigenvalue weighted by atomic mass is 10.1. The third kappa shape index (κ3) is 4.14. The number of hydrazone groups is 1. The number of phenols is 1. The van der Waals surface area contributed by atoms with E-state index in [-0.39, 0.29) is 16.4 Å². The summed E-state index contributed by atoms with van der Waals surface area (Å²) in [5.41, 5.74) is 0.622. The summed E-state index contributed by atoms with van der Waals surface area (Å²) in [7, 11) is -2.33. The van der Waals surface area contributed by atoms with Crippen molar-refractivity contribution in [2.45, 2.75) is 11.8 Å². The van der Waals surface area contributed by atoms with Gasteiger partial charge in [-0.25, -0.2) is 0 Å². The molecule has 0 atom stereocenters. The fraction of sp³-hybridized carbons (Fsp3) is 0.133. The van der Waals surface area contributed by atoms with Gasteiger partial charge in [-0.15, -0.1) is 0 Å². The van der Waals surface area contributed by atoms with Gasteiger partial charge in [0.05, 0.1) is 17.7 Å². The first-order chi connectivity index (χ1) is 10.8. The Hall–Kier alpha value is -2.25. The van der Waals surface area contributed by atoms with E-state index in [2.05, 4.69) is 9.93 Å². The second kappa shape index (κ2) is 6.89. The standard InChI is InChI=1S/C15H15ClN2O4S/c1-10(14-9-11(16)3-8-15(14)19)17-18-23(20,21)13-6-4-12(22-2)5-7-13/h3-9,18-19H,1-2H3/b17-10+. The van der Waals surface area contributed by atoms with E-state index >= 15 is 0 Å². The van der Waals surface area contributed by atoms with Gasteiger partial charge < -0.3 is 9.84 Å². The van der Waals surface area contributed by atoms with Gasteiger partial charge >= 0.3 is 0 Å². The zero-order chi connectivity index (χ0) is 17.0. The molecule has 0 saturated heterocycles. The van der Waals surface area contributed by atoms with Gasteiger partial charge in [0.1, 0.15) is 11.5 Å². The number of halogens is 1. The lowest BCUT2D eigenvalue weighted by Gasteiger charge is -2.07. The molecule has 2 N–H and O–H groups in total. The molecule has 0 unspecified atom stereocenters.